The summed E-state index contributed by atoms with van der Waals surface area (Å²) in [5.74, 6) is -0.299. The van der Waals surface area contributed by atoms with E-state index < -0.39 is 5.54 Å². The molecule has 3 heteroatoms. The Bertz CT molecular complexity index is 108. The summed E-state index contributed by atoms with van der Waals surface area (Å²) >= 11 is 0. The van der Waals surface area contributed by atoms with Gasteiger partial charge in [-0.3, -0.25) is 0 Å². The van der Waals surface area contributed by atoms with E-state index in [4.69, 9.17) is 5.73 Å². The molecule has 1 aliphatic heterocycles. The second kappa shape index (κ2) is 0.980. The molecule has 1 rings (SSSR count). The summed E-state index contributed by atoms with van der Waals surface area (Å²) in [6.45, 7) is 2.02. The predicted molar refractivity (Wildman–Crippen MR) is 23.6 cm³/mol. The molecule has 0 saturated carbocycles. The number of nitrogens with two attached hydrogens (primary N) is 1. The molecule has 2 N–H and O–H groups in total. The highest BCUT2D eigenvalue weighted by molar-refractivity contribution is 5.85. The summed E-state index contributed by atoms with van der Waals surface area (Å²) in [5, 5.41) is 0. The van der Waals surface area contributed by atoms with E-state index in [0.29, 0.717) is 6.61 Å². The smallest absolute Gasteiger partial charge is 0.329 e. The van der Waals surface area contributed by atoms with Crippen molar-refractivity contribution in [2.24, 2.45) is 5.73 Å². The molecule has 1 heterocycles. The Hall–Kier alpha value is -0.570. The lowest BCUT2D eigenvalue weighted by Gasteiger charge is -2.30. The van der Waals surface area contributed by atoms with E-state index >= 15 is 0 Å². The molecule has 1 fully saturated rings. The normalized spacial score (nSPS) is 39.4. The van der Waals surface area contributed by atoms with E-state index in [1.807, 2.05) is 0 Å². The van der Waals surface area contributed by atoms with Crippen molar-refractivity contribution in [2.75, 3.05) is 6.61 Å². The topological polar surface area (TPSA) is 52.3 Å². The van der Waals surface area contributed by atoms with E-state index in [9.17, 15) is 4.79 Å². The van der Waals surface area contributed by atoms with Crippen LogP contribution in [0.25, 0.3) is 0 Å². The summed E-state index contributed by atoms with van der Waals surface area (Å²) in [7, 11) is 0. The summed E-state index contributed by atoms with van der Waals surface area (Å²) < 4.78 is 4.38. The Labute approximate surface area is 41.4 Å². The molecule has 0 aromatic carbocycles. The van der Waals surface area contributed by atoms with Gasteiger partial charge in [0.2, 0.25) is 0 Å². The fourth-order valence-corrected chi connectivity index (χ4v) is 0.359. The molecular formula is C4H7NO2. The molecule has 0 spiro atoms. The van der Waals surface area contributed by atoms with E-state index in [0.717, 1.165) is 0 Å². The van der Waals surface area contributed by atoms with Gasteiger partial charge in [0, 0.05) is 0 Å². The van der Waals surface area contributed by atoms with Crippen LogP contribution >= 0.6 is 0 Å². The Balaban J connectivity index is 2.59. The lowest BCUT2D eigenvalue weighted by atomic mass is 10.0. The van der Waals surface area contributed by atoms with Crippen molar-refractivity contribution in [3.8, 4) is 0 Å². The Morgan fingerprint density at radius 1 is 2.00 bits per heavy atom. The molecule has 0 aliphatic carbocycles. The third-order valence-electron chi connectivity index (χ3n) is 0.969. The standard InChI is InChI=1S/C4H7NO2/c1-4(5)2-7-3(4)6/h2,5H2,1H3/t4-/m1/s1. The monoisotopic (exact) mass is 101 g/mol. The third-order valence-corrected chi connectivity index (χ3v) is 0.969. The maximum absolute atomic E-state index is 10.2. The highest BCUT2D eigenvalue weighted by Gasteiger charge is 2.40. The largest absolute Gasteiger partial charge is 0.462 e. The summed E-state index contributed by atoms with van der Waals surface area (Å²) in [5.41, 5.74) is 4.61. The number of rotatable bonds is 0. The summed E-state index contributed by atoms with van der Waals surface area (Å²) in [4.78, 5) is 10.2. The number of carbonyl (C=O) groups excluding carboxylic acids is 1. The maximum Gasteiger partial charge on any atom is 0.329 e. The lowest BCUT2D eigenvalue weighted by Crippen LogP contribution is -2.59. The van der Waals surface area contributed by atoms with Crippen molar-refractivity contribution in [1.29, 1.82) is 0 Å². The molecule has 1 aliphatic rings. The first-order valence-electron chi connectivity index (χ1n) is 2.09. The Kier molecular flexibility index (Phi) is 0.642. The van der Waals surface area contributed by atoms with Crippen LogP contribution in [-0.2, 0) is 9.53 Å². The van der Waals surface area contributed by atoms with Gasteiger partial charge in [-0.25, -0.2) is 4.79 Å². The molecule has 3 nitrogen and oxygen atoms in total. The van der Waals surface area contributed by atoms with Gasteiger partial charge in [0.1, 0.15) is 12.1 Å². The fourth-order valence-electron chi connectivity index (χ4n) is 0.359. The molecule has 0 aromatic rings. The summed E-state index contributed by atoms with van der Waals surface area (Å²) in [6, 6.07) is 0. The van der Waals surface area contributed by atoms with E-state index in [-0.39, 0.29) is 5.97 Å². The van der Waals surface area contributed by atoms with Crippen LogP contribution in [0.5, 0.6) is 0 Å². The van der Waals surface area contributed by atoms with Gasteiger partial charge >= 0.3 is 5.97 Å². The average molecular weight is 101 g/mol. The first-order chi connectivity index (χ1) is 3.13. The Morgan fingerprint density at radius 2 is 2.43 bits per heavy atom. The second-order valence-electron chi connectivity index (χ2n) is 1.99. The lowest BCUT2D eigenvalue weighted by molar-refractivity contribution is -0.170. The zero-order valence-corrected chi connectivity index (χ0v) is 4.10. The highest BCUT2D eigenvalue weighted by atomic mass is 16.6. The molecule has 0 unspecified atom stereocenters. The van der Waals surface area contributed by atoms with Crippen molar-refractivity contribution >= 4 is 5.97 Å². The van der Waals surface area contributed by atoms with Gasteiger partial charge in [0.25, 0.3) is 0 Å². The zero-order valence-electron chi connectivity index (χ0n) is 4.10. The predicted octanol–water partition coefficient (Wildman–Crippen LogP) is -0.739. The molecule has 0 radical (unpaired) electrons. The van der Waals surface area contributed by atoms with E-state index in [2.05, 4.69) is 4.74 Å². The van der Waals surface area contributed by atoms with Crippen LogP contribution in [0.1, 0.15) is 6.92 Å². The van der Waals surface area contributed by atoms with Gasteiger partial charge < -0.3 is 10.5 Å². The van der Waals surface area contributed by atoms with Crippen molar-refractivity contribution < 1.29 is 9.53 Å². The first-order valence-corrected chi connectivity index (χ1v) is 2.09. The highest BCUT2D eigenvalue weighted by Crippen LogP contribution is 2.12. The van der Waals surface area contributed by atoms with Gasteiger partial charge in [0.05, 0.1) is 0 Å². The van der Waals surface area contributed by atoms with Gasteiger partial charge in [-0.05, 0) is 6.92 Å². The number of hydrogen-bond acceptors (Lipinski definition) is 3. The van der Waals surface area contributed by atoms with Gasteiger partial charge in [-0.2, -0.15) is 0 Å². The number of ether oxygens (including phenoxy) is 1. The maximum atomic E-state index is 10.2. The minimum atomic E-state index is -0.681. The van der Waals surface area contributed by atoms with Crippen molar-refractivity contribution in [2.45, 2.75) is 12.5 Å². The van der Waals surface area contributed by atoms with E-state index in [1.165, 1.54) is 0 Å². The third kappa shape index (κ3) is 0.489. The van der Waals surface area contributed by atoms with Crippen molar-refractivity contribution in [1.82, 2.24) is 0 Å². The van der Waals surface area contributed by atoms with Crippen LogP contribution in [-0.4, -0.2) is 18.1 Å². The van der Waals surface area contributed by atoms with Gasteiger partial charge in [-0.1, -0.05) is 0 Å². The average Bonchev–Trinajstić information content (AvgIpc) is 1.63. The number of cyclic esters (lactones) is 1. The van der Waals surface area contributed by atoms with Crippen LogP contribution in [0.2, 0.25) is 0 Å². The molecule has 7 heavy (non-hydrogen) atoms. The SMILES string of the molecule is C[C@@]1(N)COC1=O. The minimum Gasteiger partial charge on any atom is -0.462 e. The molecule has 0 amide bonds. The second-order valence-corrected chi connectivity index (χ2v) is 1.99. The Morgan fingerprint density at radius 3 is 2.43 bits per heavy atom. The molecule has 0 aromatic heterocycles. The minimum absolute atomic E-state index is 0.299. The van der Waals surface area contributed by atoms with Crippen LogP contribution in [0.4, 0.5) is 0 Å². The number of carbonyl (C=O) groups is 1. The molecule has 0 bridgehead atoms. The van der Waals surface area contributed by atoms with Gasteiger partial charge in [0.15, 0.2) is 0 Å². The van der Waals surface area contributed by atoms with Crippen LogP contribution in [0, 0.1) is 0 Å². The molecule has 1 atom stereocenters. The number of hydrogen-bond donors (Lipinski definition) is 1. The van der Waals surface area contributed by atoms with Crippen LogP contribution in [0.15, 0.2) is 0 Å². The van der Waals surface area contributed by atoms with Gasteiger partial charge in [-0.15, -0.1) is 0 Å². The molecule has 1 saturated heterocycles. The quantitative estimate of drug-likeness (QED) is 0.409. The van der Waals surface area contributed by atoms with E-state index in [1.54, 1.807) is 6.92 Å². The molecule has 40 valence electrons. The van der Waals surface area contributed by atoms with Crippen LogP contribution < -0.4 is 5.73 Å². The zero-order chi connectivity index (χ0) is 5.49. The first kappa shape index (κ1) is 4.59. The number of esters is 1. The van der Waals surface area contributed by atoms with Crippen LogP contribution in [0.3, 0.4) is 0 Å². The van der Waals surface area contributed by atoms with Crippen molar-refractivity contribution in [3.63, 3.8) is 0 Å². The summed E-state index contributed by atoms with van der Waals surface area (Å²) in [6.07, 6.45) is 0. The van der Waals surface area contributed by atoms with Crippen molar-refractivity contribution in [3.05, 3.63) is 0 Å². The fraction of sp³-hybridized carbons (Fsp3) is 0.750. The molecular weight excluding hydrogens is 94.0 g/mol.